The molecule has 0 amide bonds. The number of ketones is 1. The van der Waals surface area contributed by atoms with Gasteiger partial charge >= 0.3 is 0 Å². The minimum atomic E-state index is 0.0143. The van der Waals surface area contributed by atoms with Crippen LogP contribution in [0.2, 0.25) is 0 Å². The molecule has 0 aliphatic rings. The van der Waals surface area contributed by atoms with Gasteiger partial charge < -0.3 is 4.74 Å². The summed E-state index contributed by atoms with van der Waals surface area (Å²) in [6, 6.07) is 14.5. The zero-order chi connectivity index (χ0) is 17.7. The predicted octanol–water partition coefficient (Wildman–Crippen LogP) is 5.34. The summed E-state index contributed by atoms with van der Waals surface area (Å²) in [6.45, 7) is 9.92. The number of carbonyl (C=O) groups is 1. The molecule has 0 spiro atoms. The van der Waals surface area contributed by atoms with E-state index in [9.17, 15) is 4.79 Å². The largest absolute Gasteiger partial charge is 0.496 e. The van der Waals surface area contributed by atoms with E-state index in [2.05, 4.69) is 44.7 Å². The number of hydrogen-bond donors (Lipinski definition) is 0. The van der Waals surface area contributed by atoms with Crippen molar-refractivity contribution in [1.82, 2.24) is 0 Å². The third-order valence-electron chi connectivity index (χ3n) is 4.85. The van der Waals surface area contributed by atoms with Gasteiger partial charge in [-0.05, 0) is 48.6 Å². The number of Topliss-reactive ketones (excluding diaryl/α,β-unsaturated/α-hetero) is 1. The van der Waals surface area contributed by atoms with Gasteiger partial charge in [0.1, 0.15) is 5.75 Å². The van der Waals surface area contributed by atoms with E-state index < -0.39 is 0 Å². The maximum atomic E-state index is 11.8. The van der Waals surface area contributed by atoms with Crippen molar-refractivity contribution < 1.29 is 9.53 Å². The molecule has 0 saturated carbocycles. The average Bonchev–Trinajstić information content (AvgIpc) is 2.61. The van der Waals surface area contributed by atoms with Gasteiger partial charge in [0.15, 0.2) is 5.78 Å². The molecule has 2 nitrogen and oxygen atoms in total. The first-order valence-electron chi connectivity index (χ1n) is 8.34. The van der Waals surface area contributed by atoms with Gasteiger partial charge in [-0.3, -0.25) is 4.79 Å². The van der Waals surface area contributed by atoms with Crippen molar-refractivity contribution in [2.45, 2.75) is 39.0 Å². The summed E-state index contributed by atoms with van der Waals surface area (Å²) in [5.74, 6) is 0.653. The Morgan fingerprint density at radius 1 is 1.17 bits per heavy atom. The molecule has 0 aliphatic heterocycles. The quantitative estimate of drug-likeness (QED) is 0.508. The molecule has 0 radical (unpaired) electrons. The lowest BCUT2D eigenvalue weighted by Gasteiger charge is -2.24. The molecule has 0 fully saturated rings. The highest BCUT2D eigenvalue weighted by Crippen LogP contribution is 2.29. The van der Waals surface area contributed by atoms with Gasteiger partial charge in [0.05, 0.1) is 12.7 Å². The van der Waals surface area contributed by atoms with E-state index in [0.717, 1.165) is 18.4 Å². The molecule has 2 aromatic carbocycles. The van der Waals surface area contributed by atoms with Crippen molar-refractivity contribution in [2.24, 2.45) is 0 Å². The molecular weight excluding hydrogens is 296 g/mol. The van der Waals surface area contributed by atoms with Crippen LogP contribution in [0.3, 0.4) is 0 Å². The molecule has 24 heavy (non-hydrogen) atoms. The lowest BCUT2D eigenvalue weighted by molar-refractivity contribution is 0.101. The molecule has 126 valence electrons. The topological polar surface area (TPSA) is 26.3 Å². The van der Waals surface area contributed by atoms with Gasteiger partial charge in [-0.15, -0.1) is 6.58 Å². The van der Waals surface area contributed by atoms with Crippen LogP contribution in [0.25, 0.3) is 0 Å². The number of ether oxygens (including phenoxy) is 1. The fourth-order valence-electron chi connectivity index (χ4n) is 2.85. The van der Waals surface area contributed by atoms with E-state index in [0.29, 0.717) is 11.3 Å². The number of rotatable bonds is 7. The number of carbonyl (C=O) groups excluding carboxylic acids is 1. The first kappa shape index (κ1) is 18.0. The van der Waals surface area contributed by atoms with Crippen LogP contribution >= 0.6 is 0 Å². The Morgan fingerprint density at radius 3 is 2.29 bits per heavy atom. The van der Waals surface area contributed by atoms with Crippen LogP contribution in [-0.2, 0) is 11.8 Å². The molecule has 0 heterocycles. The van der Waals surface area contributed by atoms with Crippen LogP contribution in [0.15, 0.2) is 55.1 Å². The summed E-state index contributed by atoms with van der Waals surface area (Å²) < 4.78 is 5.26. The van der Waals surface area contributed by atoms with Crippen LogP contribution in [0.5, 0.6) is 5.75 Å². The summed E-state index contributed by atoms with van der Waals surface area (Å²) in [6.07, 6.45) is 3.84. The standard InChI is InChI=1S/C22H26O2/c1-6-22(4,7-2)19-11-8-17(9-12-19)14-18-10-13-21(24-5)20(15-18)16(3)23/h6,8-13,15H,1,7,14H2,2-5H3. The van der Waals surface area contributed by atoms with Gasteiger partial charge in [0, 0.05) is 5.41 Å². The highest BCUT2D eigenvalue weighted by atomic mass is 16.5. The SMILES string of the molecule is C=CC(C)(CC)c1ccc(Cc2ccc(OC)c(C(C)=O)c2)cc1. The minimum absolute atomic E-state index is 0.0143. The summed E-state index contributed by atoms with van der Waals surface area (Å²) >= 11 is 0. The van der Waals surface area contributed by atoms with Crippen molar-refractivity contribution in [3.63, 3.8) is 0 Å². The van der Waals surface area contributed by atoms with Gasteiger partial charge in [0.25, 0.3) is 0 Å². The Balaban J connectivity index is 2.24. The van der Waals surface area contributed by atoms with Gasteiger partial charge in [-0.25, -0.2) is 0 Å². The maximum absolute atomic E-state index is 11.8. The average molecular weight is 322 g/mol. The monoisotopic (exact) mass is 322 g/mol. The molecule has 0 N–H and O–H groups in total. The van der Waals surface area contributed by atoms with Crippen LogP contribution in [0.4, 0.5) is 0 Å². The summed E-state index contributed by atoms with van der Waals surface area (Å²) in [4.78, 5) is 11.8. The number of allylic oxidation sites excluding steroid dienone is 1. The Morgan fingerprint density at radius 2 is 1.79 bits per heavy atom. The Hall–Kier alpha value is -2.35. The van der Waals surface area contributed by atoms with E-state index in [4.69, 9.17) is 4.74 Å². The lowest BCUT2D eigenvalue weighted by Crippen LogP contribution is -2.16. The summed E-state index contributed by atoms with van der Waals surface area (Å²) in [5, 5.41) is 0. The molecule has 0 saturated heterocycles. The first-order chi connectivity index (χ1) is 11.4. The second-order valence-corrected chi connectivity index (χ2v) is 6.44. The number of benzene rings is 2. The Labute approximate surface area is 145 Å². The van der Waals surface area contributed by atoms with Gasteiger partial charge in [-0.2, -0.15) is 0 Å². The molecule has 2 rings (SSSR count). The van der Waals surface area contributed by atoms with Crippen molar-refractivity contribution in [2.75, 3.05) is 7.11 Å². The molecular formula is C22H26O2. The van der Waals surface area contributed by atoms with Crippen LogP contribution < -0.4 is 4.74 Å². The molecule has 0 aliphatic carbocycles. The van der Waals surface area contributed by atoms with E-state index in [1.165, 1.54) is 11.1 Å². The fraction of sp³-hybridized carbons (Fsp3) is 0.318. The minimum Gasteiger partial charge on any atom is -0.496 e. The lowest BCUT2D eigenvalue weighted by atomic mass is 9.80. The van der Waals surface area contributed by atoms with E-state index in [1.807, 2.05) is 24.3 Å². The van der Waals surface area contributed by atoms with Crippen molar-refractivity contribution in [3.05, 3.63) is 77.4 Å². The zero-order valence-corrected chi connectivity index (χ0v) is 15.1. The van der Waals surface area contributed by atoms with Crippen molar-refractivity contribution >= 4 is 5.78 Å². The fourth-order valence-corrected chi connectivity index (χ4v) is 2.85. The zero-order valence-electron chi connectivity index (χ0n) is 15.1. The third-order valence-corrected chi connectivity index (χ3v) is 4.85. The normalized spacial score (nSPS) is 13.2. The van der Waals surface area contributed by atoms with Gasteiger partial charge in [0.2, 0.25) is 0 Å². The smallest absolute Gasteiger partial charge is 0.163 e. The second kappa shape index (κ2) is 7.48. The van der Waals surface area contributed by atoms with Gasteiger partial charge in [-0.1, -0.05) is 50.3 Å². The molecule has 2 heteroatoms. The van der Waals surface area contributed by atoms with Crippen LogP contribution in [0, 0.1) is 0 Å². The Kier molecular flexibility index (Phi) is 5.61. The van der Waals surface area contributed by atoms with Crippen molar-refractivity contribution in [3.8, 4) is 5.75 Å². The third kappa shape index (κ3) is 3.76. The van der Waals surface area contributed by atoms with Crippen LogP contribution in [0.1, 0.15) is 54.2 Å². The first-order valence-corrected chi connectivity index (χ1v) is 8.34. The molecule has 2 aromatic rings. The highest BCUT2D eigenvalue weighted by Gasteiger charge is 2.20. The highest BCUT2D eigenvalue weighted by molar-refractivity contribution is 5.97. The Bertz CT molecular complexity index is 728. The van der Waals surface area contributed by atoms with E-state index in [1.54, 1.807) is 14.0 Å². The number of methoxy groups -OCH3 is 1. The molecule has 0 aromatic heterocycles. The van der Waals surface area contributed by atoms with E-state index >= 15 is 0 Å². The summed E-state index contributed by atoms with van der Waals surface area (Å²) in [7, 11) is 1.59. The molecule has 1 unspecified atom stereocenters. The van der Waals surface area contributed by atoms with Crippen molar-refractivity contribution in [1.29, 1.82) is 0 Å². The predicted molar refractivity (Wildman–Crippen MR) is 100 cm³/mol. The second-order valence-electron chi connectivity index (χ2n) is 6.44. The summed E-state index contributed by atoms with van der Waals surface area (Å²) in [5.41, 5.74) is 4.26. The van der Waals surface area contributed by atoms with E-state index in [-0.39, 0.29) is 11.2 Å². The maximum Gasteiger partial charge on any atom is 0.163 e. The molecule has 0 bridgehead atoms. The molecule has 1 atom stereocenters. The number of hydrogen-bond acceptors (Lipinski definition) is 2. The van der Waals surface area contributed by atoms with Crippen LogP contribution in [-0.4, -0.2) is 12.9 Å².